The molecular weight excluding hydrogens is 388 g/mol. The molecule has 0 bridgehead atoms. The Morgan fingerprint density at radius 2 is 1.31 bits per heavy atom. The minimum atomic E-state index is -0.673. The quantitative estimate of drug-likeness (QED) is 0.429. The smallest absolute Gasteiger partial charge is 0.405 e. The van der Waals surface area contributed by atoms with Crippen molar-refractivity contribution in [1.29, 1.82) is 0 Å². The number of fused-ring (bicyclic) bond motifs is 1. The van der Waals surface area contributed by atoms with Gasteiger partial charge < -0.3 is 9.47 Å². The number of anilines is 2. The van der Waals surface area contributed by atoms with Gasteiger partial charge >= 0.3 is 12.2 Å². The van der Waals surface area contributed by atoms with Crippen LogP contribution in [0.2, 0.25) is 0 Å². The maximum atomic E-state index is 12.4. The van der Waals surface area contributed by atoms with Crippen molar-refractivity contribution in [3.05, 3.63) is 83.6 Å². The fourth-order valence-corrected chi connectivity index (χ4v) is 3.40. The van der Waals surface area contributed by atoms with E-state index in [1.807, 2.05) is 42.5 Å². The van der Waals surface area contributed by atoms with Gasteiger partial charge in [0.1, 0.15) is 0 Å². The first-order valence-electron chi connectivity index (χ1n) is 8.76. The maximum Gasteiger partial charge on any atom is 0.417 e. The molecule has 1 aromatic heterocycles. The Hall–Kier alpha value is -3.84. The molecule has 6 nitrogen and oxygen atoms in total. The van der Waals surface area contributed by atoms with Gasteiger partial charge in [0.05, 0.1) is 5.69 Å². The summed E-state index contributed by atoms with van der Waals surface area (Å²) in [6, 6.07) is 22.2. The number of amides is 2. The second-order valence-electron chi connectivity index (χ2n) is 6.02. The zero-order valence-corrected chi connectivity index (χ0v) is 15.9. The molecule has 1 heterocycles. The first kappa shape index (κ1) is 18.5. The van der Waals surface area contributed by atoms with Crippen LogP contribution in [0.3, 0.4) is 0 Å². The van der Waals surface area contributed by atoms with Gasteiger partial charge in [-0.1, -0.05) is 54.6 Å². The molecule has 0 atom stereocenters. The summed E-state index contributed by atoms with van der Waals surface area (Å²) < 4.78 is 10.6. The Balaban J connectivity index is 1.42. The van der Waals surface area contributed by atoms with Gasteiger partial charge in [0.25, 0.3) is 0 Å². The topological polar surface area (TPSA) is 76.7 Å². The van der Waals surface area contributed by atoms with E-state index in [1.54, 1.807) is 41.1 Å². The van der Waals surface area contributed by atoms with Crippen molar-refractivity contribution in [3.63, 3.8) is 0 Å². The van der Waals surface area contributed by atoms with Gasteiger partial charge in [-0.05, 0) is 23.6 Å². The predicted octanol–water partition coefficient (Wildman–Crippen LogP) is 6.12. The number of rotatable bonds is 4. The summed E-state index contributed by atoms with van der Waals surface area (Å²) in [4.78, 5) is 24.4. The largest absolute Gasteiger partial charge is 0.417 e. The molecule has 0 fully saturated rings. The number of para-hydroxylation sites is 1. The summed E-state index contributed by atoms with van der Waals surface area (Å²) in [5.41, 5.74) is 1.23. The van der Waals surface area contributed by atoms with Crippen LogP contribution in [-0.2, 0) is 0 Å². The lowest BCUT2D eigenvalue weighted by atomic mass is 10.1. The van der Waals surface area contributed by atoms with Crippen LogP contribution in [0, 0.1) is 0 Å². The van der Waals surface area contributed by atoms with Crippen LogP contribution in [0.25, 0.3) is 10.8 Å². The molecule has 0 spiro atoms. The normalized spacial score (nSPS) is 10.3. The zero-order chi connectivity index (χ0) is 20.1. The van der Waals surface area contributed by atoms with Crippen LogP contribution in [0.5, 0.6) is 11.5 Å². The van der Waals surface area contributed by atoms with Crippen molar-refractivity contribution in [1.82, 2.24) is 0 Å². The summed E-state index contributed by atoms with van der Waals surface area (Å²) >= 11 is 1.26. The SMILES string of the molecule is O=C(Nc1ccccc1)Oc1cscc1OC(=O)Nc1cccc2ccccc12. The number of carbonyl (C=O) groups is 2. The average Bonchev–Trinajstić information content (AvgIpc) is 3.15. The Kier molecular flexibility index (Phi) is 5.40. The number of nitrogens with one attached hydrogen (secondary N) is 2. The lowest BCUT2D eigenvalue weighted by molar-refractivity contribution is 0.205. The Morgan fingerprint density at radius 1 is 0.690 bits per heavy atom. The fourth-order valence-electron chi connectivity index (χ4n) is 2.76. The predicted molar refractivity (Wildman–Crippen MR) is 114 cm³/mol. The summed E-state index contributed by atoms with van der Waals surface area (Å²) in [5.74, 6) is 0.326. The van der Waals surface area contributed by atoms with Crippen LogP contribution < -0.4 is 20.1 Å². The lowest BCUT2D eigenvalue weighted by Gasteiger charge is -2.10. The van der Waals surface area contributed by atoms with Crippen molar-refractivity contribution in [2.45, 2.75) is 0 Å². The summed E-state index contributed by atoms with van der Waals surface area (Å²) in [7, 11) is 0. The van der Waals surface area contributed by atoms with Gasteiger partial charge in [0.2, 0.25) is 0 Å². The van der Waals surface area contributed by atoms with E-state index in [0.29, 0.717) is 11.4 Å². The van der Waals surface area contributed by atoms with Crippen LogP contribution >= 0.6 is 11.3 Å². The molecule has 2 amide bonds. The highest BCUT2D eigenvalue weighted by molar-refractivity contribution is 7.08. The van der Waals surface area contributed by atoms with Crippen molar-refractivity contribution >= 4 is 45.7 Å². The highest BCUT2D eigenvalue weighted by Gasteiger charge is 2.16. The Morgan fingerprint density at radius 3 is 2.07 bits per heavy atom. The van der Waals surface area contributed by atoms with Crippen LogP contribution in [-0.4, -0.2) is 12.2 Å². The molecule has 0 unspecified atom stereocenters. The number of carbonyl (C=O) groups excluding carboxylic acids is 2. The number of hydrogen-bond donors (Lipinski definition) is 2. The second kappa shape index (κ2) is 8.45. The van der Waals surface area contributed by atoms with Crippen LogP contribution in [0.15, 0.2) is 83.6 Å². The van der Waals surface area contributed by atoms with E-state index >= 15 is 0 Å². The van der Waals surface area contributed by atoms with Crippen molar-refractivity contribution in [2.24, 2.45) is 0 Å². The molecule has 0 aliphatic carbocycles. The Labute approximate surface area is 170 Å². The number of ether oxygens (including phenoxy) is 2. The summed E-state index contributed by atoms with van der Waals surface area (Å²) in [6.45, 7) is 0. The highest BCUT2D eigenvalue weighted by atomic mass is 32.1. The summed E-state index contributed by atoms with van der Waals surface area (Å²) in [5, 5.41) is 10.4. The van der Waals surface area contributed by atoms with Crippen molar-refractivity contribution in [3.8, 4) is 11.5 Å². The molecule has 0 saturated carbocycles. The van der Waals surface area contributed by atoms with Gasteiger partial charge in [-0.2, -0.15) is 0 Å². The van der Waals surface area contributed by atoms with Gasteiger partial charge in [-0.15, -0.1) is 11.3 Å². The number of benzene rings is 3. The first-order valence-corrected chi connectivity index (χ1v) is 9.70. The molecule has 2 N–H and O–H groups in total. The molecule has 7 heteroatoms. The molecule has 0 aliphatic heterocycles. The van der Waals surface area contributed by atoms with Crippen molar-refractivity contribution in [2.75, 3.05) is 10.6 Å². The van der Waals surface area contributed by atoms with E-state index < -0.39 is 12.2 Å². The van der Waals surface area contributed by atoms with Gasteiger partial charge in [0, 0.05) is 21.8 Å². The van der Waals surface area contributed by atoms with E-state index in [9.17, 15) is 9.59 Å². The lowest BCUT2D eigenvalue weighted by Crippen LogP contribution is -2.19. The number of hydrogen-bond acceptors (Lipinski definition) is 5. The molecule has 4 rings (SSSR count). The van der Waals surface area contributed by atoms with Gasteiger partial charge in [-0.3, -0.25) is 10.6 Å². The van der Waals surface area contributed by atoms with Crippen molar-refractivity contribution < 1.29 is 19.1 Å². The maximum absolute atomic E-state index is 12.4. The third kappa shape index (κ3) is 4.53. The molecule has 0 radical (unpaired) electrons. The minimum absolute atomic E-state index is 0.163. The Bertz CT molecular complexity index is 1150. The molecular formula is C22H16N2O4S. The minimum Gasteiger partial charge on any atom is -0.405 e. The fraction of sp³-hybridized carbons (Fsp3) is 0. The average molecular weight is 404 g/mol. The van der Waals surface area contributed by atoms with E-state index in [-0.39, 0.29) is 11.5 Å². The molecule has 0 aliphatic rings. The molecule has 0 saturated heterocycles. The van der Waals surface area contributed by atoms with Crippen LogP contribution in [0.1, 0.15) is 0 Å². The van der Waals surface area contributed by atoms with Gasteiger partial charge in [-0.25, -0.2) is 9.59 Å². The van der Waals surface area contributed by atoms with Crippen LogP contribution in [0.4, 0.5) is 21.0 Å². The van der Waals surface area contributed by atoms with E-state index in [2.05, 4.69) is 10.6 Å². The zero-order valence-electron chi connectivity index (χ0n) is 15.1. The summed E-state index contributed by atoms with van der Waals surface area (Å²) in [6.07, 6.45) is -1.35. The van der Waals surface area contributed by atoms with E-state index in [4.69, 9.17) is 9.47 Å². The van der Waals surface area contributed by atoms with Gasteiger partial charge in [0.15, 0.2) is 11.5 Å². The third-order valence-electron chi connectivity index (χ3n) is 4.04. The first-order chi connectivity index (χ1) is 14.2. The third-order valence-corrected chi connectivity index (χ3v) is 4.75. The second-order valence-corrected chi connectivity index (χ2v) is 6.77. The molecule has 3 aromatic carbocycles. The van der Waals surface area contributed by atoms with E-state index in [1.165, 1.54) is 11.3 Å². The standard InChI is InChI=1S/C22H16N2O4S/c25-21(23-16-9-2-1-3-10-16)27-19-13-29-14-20(19)28-22(26)24-18-12-6-8-15-7-4-5-11-17(15)18/h1-14H,(H,23,25)(H,24,26). The molecule has 4 aromatic rings. The number of thiophene rings is 1. The highest BCUT2D eigenvalue weighted by Crippen LogP contribution is 2.32. The van der Waals surface area contributed by atoms with E-state index in [0.717, 1.165) is 10.8 Å². The monoisotopic (exact) mass is 404 g/mol. The molecule has 29 heavy (non-hydrogen) atoms. The molecule has 144 valence electrons.